The third-order valence-corrected chi connectivity index (χ3v) is 4.77. The first-order valence-electron chi connectivity index (χ1n) is 7.53. The van der Waals surface area contributed by atoms with Crippen LogP contribution in [0.1, 0.15) is 13.8 Å². The van der Waals surface area contributed by atoms with E-state index < -0.39 is 43.1 Å². The van der Waals surface area contributed by atoms with Crippen molar-refractivity contribution in [1.82, 2.24) is 9.97 Å². The van der Waals surface area contributed by atoms with Crippen LogP contribution in [-0.2, 0) is 23.8 Å². The van der Waals surface area contributed by atoms with Crippen LogP contribution in [-0.4, -0.2) is 64.0 Å². The Morgan fingerprint density at radius 2 is 2.08 bits per heavy atom. The van der Waals surface area contributed by atoms with Gasteiger partial charge in [0.15, 0.2) is 24.3 Å². The van der Waals surface area contributed by atoms with Gasteiger partial charge in [-0.05, 0) is 0 Å². The zero-order chi connectivity index (χ0) is 18.1. The van der Waals surface area contributed by atoms with Gasteiger partial charge in [-0.3, -0.25) is 9.59 Å². The number of nitrogens with zero attached hydrogens (tertiary/aromatic N) is 3. The number of aliphatic hydroxyl groups excluding tert-OH is 1. The molecule has 0 amide bonds. The largest absolute Gasteiger partial charge is 0.456 e. The molecule has 1 fully saturated rings. The molecule has 25 heavy (non-hydrogen) atoms. The van der Waals surface area contributed by atoms with Gasteiger partial charge in [-0.1, -0.05) is 11.8 Å². The maximum Gasteiger partial charge on any atom is 0.303 e. The number of carbonyl (C=O) groups is 2. The second kappa shape index (κ2) is 7.02. The molecule has 3 heterocycles. The molecule has 3 N–H and O–H groups in total. The number of esters is 2. The lowest BCUT2D eigenvalue weighted by atomic mass is 10.1. The van der Waals surface area contributed by atoms with Crippen molar-refractivity contribution in [3.8, 4) is 0 Å². The Hall–Kier alpha value is -2.11. The predicted octanol–water partition coefficient (Wildman–Crippen LogP) is -0.491. The Labute approximate surface area is 147 Å². The van der Waals surface area contributed by atoms with Gasteiger partial charge in [-0.2, -0.15) is 4.98 Å². The van der Waals surface area contributed by atoms with Crippen LogP contribution in [0.5, 0.6) is 0 Å². The van der Waals surface area contributed by atoms with Gasteiger partial charge >= 0.3 is 11.9 Å². The predicted molar refractivity (Wildman–Crippen MR) is 86.5 cm³/mol. The fourth-order valence-corrected chi connectivity index (χ4v) is 3.80. The zero-order valence-corrected chi connectivity index (χ0v) is 14.4. The summed E-state index contributed by atoms with van der Waals surface area (Å²) in [5, 5.41) is 9.58. The molecule has 0 saturated carbocycles. The second-order valence-electron chi connectivity index (χ2n) is 5.56. The van der Waals surface area contributed by atoms with Gasteiger partial charge in [0.25, 0.3) is 0 Å². The highest BCUT2D eigenvalue weighted by Crippen LogP contribution is 2.41. The molecule has 3 rings (SSSR count). The quantitative estimate of drug-likeness (QED) is 0.664. The summed E-state index contributed by atoms with van der Waals surface area (Å²) in [5.74, 6) is -0.0134. The van der Waals surface area contributed by atoms with E-state index >= 15 is 0 Å². The van der Waals surface area contributed by atoms with Gasteiger partial charge in [-0.15, -0.1) is 0 Å². The Balaban J connectivity index is 1.93. The lowest BCUT2D eigenvalue weighted by molar-refractivity contribution is -0.164. The van der Waals surface area contributed by atoms with Crippen molar-refractivity contribution in [2.45, 2.75) is 43.3 Å². The molecule has 1 saturated heterocycles. The number of aliphatic hydroxyl groups is 1. The number of aromatic nitrogens is 2. The van der Waals surface area contributed by atoms with Gasteiger partial charge < -0.3 is 30.0 Å². The fourth-order valence-electron chi connectivity index (χ4n) is 2.83. The van der Waals surface area contributed by atoms with Crippen molar-refractivity contribution in [3.05, 3.63) is 6.20 Å². The summed E-state index contributed by atoms with van der Waals surface area (Å²) in [4.78, 5) is 33.7. The molecule has 0 bridgehead atoms. The van der Waals surface area contributed by atoms with Crippen molar-refractivity contribution in [2.75, 3.05) is 23.1 Å². The average molecular weight is 370 g/mol. The lowest BCUT2D eigenvalue weighted by Gasteiger charge is -2.29. The standard InChI is InChI=1S/C14H18N4O6S/c1-6(20)22-10-8(4-19)24-13(11(10)23-7(2)21)18-5-25-9-3-16-14(15)17-12(9)18/h3,8,10-11,13,19H,4-5H2,1-2H3,(H2,15,16,17)/t8-,10-,11-,13-/m1/s1. The smallest absolute Gasteiger partial charge is 0.303 e. The number of rotatable bonds is 4. The number of hydrogen-bond acceptors (Lipinski definition) is 11. The topological polar surface area (TPSA) is 137 Å². The number of anilines is 2. The van der Waals surface area contributed by atoms with Gasteiger partial charge in [0.05, 0.1) is 17.4 Å². The van der Waals surface area contributed by atoms with Gasteiger partial charge in [0.2, 0.25) is 5.95 Å². The Morgan fingerprint density at radius 3 is 2.72 bits per heavy atom. The molecule has 0 aliphatic carbocycles. The summed E-state index contributed by atoms with van der Waals surface area (Å²) >= 11 is 1.47. The molecule has 4 atom stereocenters. The van der Waals surface area contributed by atoms with Crippen molar-refractivity contribution in [3.63, 3.8) is 0 Å². The molecule has 2 aliphatic heterocycles. The van der Waals surface area contributed by atoms with Crippen molar-refractivity contribution in [1.29, 1.82) is 0 Å². The van der Waals surface area contributed by atoms with Gasteiger partial charge in [0.1, 0.15) is 6.10 Å². The third-order valence-electron chi connectivity index (χ3n) is 3.76. The summed E-state index contributed by atoms with van der Waals surface area (Å²) in [5.41, 5.74) is 5.66. The second-order valence-corrected chi connectivity index (χ2v) is 6.54. The minimum Gasteiger partial charge on any atom is -0.456 e. The molecule has 0 unspecified atom stereocenters. The first kappa shape index (κ1) is 17.7. The molecule has 0 aromatic carbocycles. The highest BCUT2D eigenvalue weighted by Gasteiger charge is 2.52. The van der Waals surface area contributed by atoms with E-state index in [2.05, 4.69) is 9.97 Å². The number of fused-ring (bicyclic) bond motifs is 1. The van der Waals surface area contributed by atoms with Crippen LogP contribution in [0, 0.1) is 0 Å². The molecule has 1 aromatic heterocycles. The van der Waals surface area contributed by atoms with Crippen LogP contribution in [0.25, 0.3) is 0 Å². The Kier molecular flexibility index (Phi) is 4.97. The van der Waals surface area contributed by atoms with Crippen LogP contribution >= 0.6 is 11.8 Å². The SMILES string of the molecule is CC(=O)O[C@@H]1[C@H](OC(C)=O)[C@@H](CO)O[C@H]1N1CSc2cnc(N)nc21. The maximum atomic E-state index is 11.5. The molecule has 0 radical (unpaired) electrons. The minimum absolute atomic E-state index is 0.100. The molecule has 10 nitrogen and oxygen atoms in total. The first-order chi connectivity index (χ1) is 11.9. The number of nitrogen functional groups attached to an aromatic ring is 1. The Morgan fingerprint density at radius 1 is 1.40 bits per heavy atom. The van der Waals surface area contributed by atoms with Gasteiger partial charge in [-0.25, -0.2) is 4.98 Å². The average Bonchev–Trinajstić information content (AvgIpc) is 3.08. The summed E-state index contributed by atoms with van der Waals surface area (Å²) in [7, 11) is 0. The van der Waals surface area contributed by atoms with Crippen LogP contribution in [0.15, 0.2) is 11.1 Å². The van der Waals surface area contributed by atoms with E-state index in [1.807, 2.05) is 0 Å². The Bertz CT molecular complexity index is 689. The minimum atomic E-state index is -0.926. The van der Waals surface area contributed by atoms with E-state index in [9.17, 15) is 14.7 Å². The monoisotopic (exact) mass is 370 g/mol. The van der Waals surface area contributed by atoms with E-state index in [4.69, 9.17) is 19.9 Å². The highest BCUT2D eigenvalue weighted by molar-refractivity contribution is 7.99. The number of nitrogens with two attached hydrogens (primary N) is 1. The normalized spacial score (nSPS) is 27.9. The number of carbonyl (C=O) groups excluding carboxylic acids is 2. The molecule has 2 aliphatic rings. The molecular formula is C14H18N4O6S. The molecule has 136 valence electrons. The van der Waals surface area contributed by atoms with Crippen molar-refractivity contribution >= 4 is 35.5 Å². The number of hydrogen-bond donors (Lipinski definition) is 2. The maximum absolute atomic E-state index is 11.5. The van der Waals surface area contributed by atoms with E-state index in [1.54, 1.807) is 11.1 Å². The number of thioether (sulfide) groups is 1. The van der Waals surface area contributed by atoms with E-state index in [0.717, 1.165) is 4.90 Å². The molecule has 11 heteroatoms. The molecule has 0 spiro atoms. The highest BCUT2D eigenvalue weighted by atomic mass is 32.2. The summed E-state index contributed by atoms with van der Waals surface area (Å²) in [6.45, 7) is 2.09. The van der Waals surface area contributed by atoms with E-state index in [-0.39, 0.29) is 5.95 Å². The van der Waals surface area contributed by atoms with E-state index in [0.29, 0.717) is 11.7 Å². The summed E-state index contributed by atoms with van der Waals surface area (Å²) in [6.07, 6.45) is -1.85. The molecule has 1 aromatic rings. The summed E-state index contributed by atoms with van der Waals surface area (Å²) < 4.78 is 16.4. The lowest BCUT2D eigenvalue weighted by Crippen LogP contribution is -2.47. The van der Waals surface area contributed by atoms with Crippen LogP contribution < -0.4 is 10.6 Å². The van der Waals surface area contributed by atoms with Crippen molar-refractivity contribution in [2.24, 2.45) is 0 Å². The zero-order valence-electron chi connectivity index (χ0n) is 13.6. The van der Waals surface area contributed by atoms with Crippen LogP contribution in [0.3, 0.4) is 0 Å². The third kappa shape index (κ3) is 3.48. The fraction of sp³-hybridized carbons (Fsp3) is 0.571. The number of ether oxygens (including phenoxy) is 3. The summed E-state index contributed by atoms with van der Waals surface area (Å²) in [6, 6.07) is 0. The van der Waals surface area contributed by atoms with Crippen LogP contribution in [0.2, 0.25) is 0 Å². The molecular weight excluding hydrogens is 352 g/mol. The van der Waals surface area contributed by atoms with E-state index in [1.165, 1.54) is 25.6 Å². The van der Waals surface area contributed by atoms with Crippen molar-refractivity contribution < 1.29 is 28.9 Å². The first-order valence-corrected chi connectivity index (χ1v) is 8.52. The van der Waals surface area contributed by atoms with Crippen LogP contribution in [0.4, 0.5) is 11.8 Å². The van der Waals surface area contributed by atoms with Gasteiger partial charge in [0, 0.05) is 20.0 Å².